The Kier molecular flexibility index (Phi) is 18.0. The molecule has 0 fully saturated rings. The van der Waals surface area contributed by atoms with Gasteiger partial charge in [0.25, 0.3) is 0 Å². The van der Waals surface area contributed by atoms with E-state index in [9.17, 15) is 4.57 Å². The van der Waals surface area contributed by atoms with Crippen LogP contribution < -0.4 is 0 Å². The van der Waals surface area contributed by atoms with Crippen LogP contribution in [-0.2, 0) is 14.0 Å². The van der Waals surface area contributed by atoms with Crippen molar-refractivity contribution >= 4 is 18.4 Å². The Bertz CT molecular complexity index is 958. The molecular weight excluding hydrogens is 519 g/mol. The molecule has 40 heavy (non-hydrogen) atoms. The Morgan fingerprint density at radius 2 is 1.35 bits per heavy atom. The summed E-state index contributed by atoms with van der Waals surface area (Å²) in [5.41, 5.74) is 1.13. The van der Waals surface area contributed by atoms with Gasteiger partial charge in [0.1, 0.15) is 6.35 Å². The van der Waals surface area contributed by atoms with Crippen LogP contribution in [0.1, 0.15) is 128 Å². The molecule has 2 aromatic rings. The molecule has 0 aliphatic heterocycles. The first-order valence-electron chi connectivity index (χ1n) is 15.9. The Morgan fingerprint density at radius 3 is 1.98 bits per heavy atom. The lowest BCUT2D eigenvalue weighted by atomic mass is 9.89. The first-order chi connectivity index (χ1) is 19.3. The van der Waals surface area contributed by atoms with Crippen LogP contribution in [0.25, 0.3) is 10.8 Å². The maximum atomic E-state index is 11.2. The van der Waals surface area contributed by atoms with E-state index in [1.54, 1.807) is 0 Å². The highest BCUT2D eigenvalue weighted by Crippen LogP contribution is 2.35. The number of benzene rings is 2. The SMILES string of the molecule is [CH2]C(OCCCCCCCC[C@@H](CCCCCCCCC)CC(C)OCP(=O)(O)O)c1ccc2ccccc2c1. The third-order valence-electron chi connectivity index (χ3n) is 7.88. The fourth-order valence-electron chi connectivity index (χ4n) is 5.50. The highest BCUT2D eigenvalue weighted by atomic mass is 31.2. The summed E-state index contributed by atoms with van der Waals surface area (Å²) < 4.78 is 22.7. The number of rotatable bonds is 24. The Morgan fingerprint density at radius 1 is 0.775 bits per heavy atom. The molecule has 1 radical (unpaired) electrons. The fourth-order valence-corrected chi connectivity index (χ4v) is 5.95. The summed E-state index contributed by atoms with van der Waals surface area (Å²) in [7, 11) is -4.11. The van der Waals surface area contributed by atoms with E-state index in [4.69, 9.17) is 19.3 Å². The minimum atomic E-state index is -4.11. The lowest BCUT2D eigenvalue weighted by Crippen LogP contribution is -2.15. The molecular formula is C34H56O5P. The van der Waals surface area contributed by atoms with Gasteiger partial charge in [0.05, 0.1) is 12.2 Å². The average molecular weight is 576 g/mol. The normalized spacial score (nSPS) is 14.4. The standard InChI is InChI=1S/C34H56O5P/c1-4-5-6-7-8-11-14-19-31(26-29(2)39-28-40(35,36)37)20-15-12-9-10-13-18-25-38-30(3)33-24-23-32-21-16-17-22-34(32)27-33/h16-17,21-24,27,29-31H,3-15,18-20,25-26,28H2,1-2H3,(H2,35,36,37)/t29?,30?,31-/m1/s1. The molecule has 2 N–H and O–H groups in total. The third-order valence-corrected chi connectivity index (χ3v) is 8.36. The van der Waals surface area contributed by atoms with Gasteiger partial charge < -0.3 is 19.3 Å². The van der Waals surface area contributed by atoms with Crippen LogP contribution in [0.4, 0.5) is 0 Å². The van der Waals surface area contributed by atoms with Crippen LogP contribution >= 0.6 is 7.60 Å². The molecule has 0 aliphatic carbocycles. The first-order valence-corrected chi connectivity index (χ1v) is 17.7. The second kappa shape index (κ2) is 20.6. The lowest BCUT2D eigenvalue weighted by molar-refractivity contribution is 0.0661. The average Bonchev–Trinajstić information content (AvgIpc) is 2.93. The quantitative estimate of drug-likeness (QED) is 0.0962. The van der Waals surface area contributed by atoms with Crippen LogP contribution in [0.3, 0.4) is 0 Å². The van der Waals surface area contributed by atoms with Crippen molar-refractivity contribution in [2.45, 2.75) is 129 Å². The maximum Gasteiger partial charge on any atom is 0.350 e. The number of unbranched alkanes of at least 4 members (excludes halogenated alkanes) is 11. The van der Waals surface area contributed by atoms with E-state index in [2.05, 4.69) is 56.3 Å². The molecule has 0 bridgehead atoms. The van der Waals surface area contributed by atoms with Crippen molar-refractivity contribution in [1.82, 2.24) is 0 Å². The minimum Gasteiger partial charge on any atom is -0.374 e. The van der Waals surface area contributed by atoms with E-state index < -0.39 is 13.9 Å². The van der Waals surface area contributed by atoms with Crippen LogP contribution in [0.15, 0.2) is 42.5 Å². The molecule has 0 aromatic heterocycles. The van der Waals surface area contributed by atoms with E-state index in [0.29, 0.717) is 5.92 Å². The second-order valence-electron chi connectivity index (χ2n) is 11.7. The van der Waals surface area contributed by atoms with Crippen molar-refractivity contribution in [3.05, 3.63) is 55.0 Å². The lowest BCUT2D eigenvalue weighted by Gasteiger charge is -2.22. The molecule has 3 atom stereocenters. The van der Waals surface area contributed by atoms with Gasteiger partial charge in [-0.2, -0.15) is 0 Å². The van der Waals surface area contributed by atoms with Crippen molar-refractivity contribution in [2.75, 3.05) is 13.0 Å². The Hall–Kier alpha value is -1.23. The van der Waals surface area contributed by atoms with Crippen LogP contribution in [0.2, 0.25) is 0 Å². The van der Waals surface area contributed by atoms with Gasteiger partial charge in [-0.3, -0.25) is 4.57 Å². The zero-order chi connectivity index (χ0) is 29.1. The van der Waals surface area contributed by atoms with Gasteiger partial charge in [-0.05, 0) is 55.0 Å². The molecule has 2 rings (SSSR count). The minimum absolute atomic E-state index is 0.117. The molecule has 2 aromatic carbocycles. The van der Waals surface area contributed by atoms with Crippen LogP contribution in [0.5, 0.6) is 0 Å². The third kappa shape index (κ3) is 16.3. The molecule has 227 valence electrons. The van der Waals surface area contributed by atoms with Crippen LogP contribution in [0, 0.1) is 12.8 Å². The summed E-state index contributed by atoms with van der Waals surface area (Å²) in [6.07, 6.45) is 18.9. The predicted octanol–water partition coefficient (Wildman–Crippen LogP) is 10.1. The zero-order valence-electron chi connectivity index (χ0n) is 25.3. The fraction of sp³-hybridized carbons (Fsp3) is 0.676. The number of hydrogen-bond acceptors (Lipinski definition) is 3. The molecule has 0 amide bonds. The van der Waals surface area contributed by atoms with Gasteiger partial charge in [-0.25, -0.2) is 0 Å². The van der Waals surface area contributed by atoms with E-state index in [1.807, 2.05) is 6.92 Å². The van der Waals surface area contributed by atoms with Gasteiger partial charge in [0.15, 0.2) is 0 Å². The van der Waals surface area contributed by atoms with Crippen molar-refractivity contribution in [2.24, 2.45) is 5.92 Å². The molecule has 0 saturated heterocycles. The molecule has 2 unspecified atom stereocenters. The van der Waals surface area contributed by atoms with Crippen molar-refractivity contribution in [3.8, 4) is 0 Å². The molecule has 0 heterocycles. The van der Waals surface area contributed by atoms with Crippen molar-refractivity contribution in [3.63, 3.8) is 0 Å². The predicted molar refractivity (Wildman–Crippen MR) is 168 cm³/mol. The molecule has 0 aliphatic rings. The highest BCUT2D eigenvalue weighted by molar-refractivity contribution is 7.51. The van der Waals surface area contributed by atoms with E-state index in [1.165, 1.54) is 101 Å². The molecule has 5 nitrogen and oxygen atoms in total. The topological polar surface area (TPSA) is 76.0 Å². The number of ether oxygens (including phenoxy) is 2. The summed E-state index contributed by atoms with van der Waals surface area (Å²) in [6, 6.07) is 14.8. The summed E-state index contributed by atoms with van der Waals surface area (Å²) in [5.74, 6) is 0.569. The van der Waals surface area contributed by atoms with Gasteiger partial charge >= 0.3 is 7.60 Å². The summed E-state index contributed by atoms with van der Waals surface area (Å²) in [4.78, 5) is 18.3. The van der Waals surface area contributed by atoms with Crippen molar-refractivity contribution in [1.29, 1.82) is 0 Å². The van der Waals surface area contributed by atoms with E-state index >= 15 is 0 Å². The molecule has 0 spiro atoms. The summed E-state index contributed by atoms with van der Waals surface area (Å²) in [6.45, 7) is 9.15. The van der Waals surface area contributed by atoms with E-state index in [-0.39, 0.29) is 12.2 Å². The van der Waals surface area contributed by atoms with Gasteiger partial charge in [-0.15, -0.1) is 0 Å². The van der Waals surface area contributed by atoms with E-state index in [0.717, 1.165) is 25.0 Å². The maximum absolute atomic E-state index is 11.2. The van der Waals surface area contributed by atoms with Gasteiger partial charge in [0.2, 0.25) is 0 Å². The van der Waals surface area contributed by atoms with Crippen molar-refractivity contribution < 1.29 is 23.8 Å². The van der Waals surface area contributed by atoms with Crippen LogP contribution in [-0.4, -0.2) is 28.8 Å². The highest BCUT2D eigenvalue weighted by Gasteiger charge is 2.18. The smallest absolute Gasteiger partial charge is 0.350 e. The van der Waals surface area contributed by atoms with Gasteiger partial charge in [0, 0.05) is 6.61 Å². The monoisotopic (exact) mass is 575 g/mol. The number of fused-ring (bicyclic) bond motifs is 1. The summed E-state index contributed by atoms with van der Waals surface area (Å²) >= 11 is 0. The van der Waals surface area contributed by atoms with Gasteiger partial charge in [-0.1, -0.05) is 133 Å². The molecule has 0 saturated carbocycles. The summed E-state index contributed by atoms with van der Waals surface area (Å²) in [5, 5.41) is 2.47. The Labute approximate surface area is 244 Å². The Balaban J connectivity index is 1.58. The largest absolute Gasteiger partial charge is 0.374 e. The first kappa shape index (κ1) is 35.0. The second-order valence-corrected chi connectivity index (χ2v) is 13.2. The zero-order valence-corrected chi connectivity index (χ0v) is 26.2. The number of hydrogen-bond donors (Lipinski definition) is 2. The molecule has 6 heteroatoms.